The van der Waals surface area contributed by atoms with E-state index in [1.807, 2.05) is 38.2 Å². The third kappa shape index (κ3) is 5.49. The van der Waals surface area contributed by atoms with Crippen LogP contribution in [0.3, 0.4) is 0 Å². The van der Waals surface area contributed by atoms with Gasteiger partial charge < -0.3 is 43.6 Å². The van der Waals surface area contributed by atoms with E-state index in [2.05, 4.69) is 87.1 Å². The maximum atomic E-state index is 15.7. The Hall–Kier alpha value is -5.41. The zero-order chi connectivity index (χ0) is 47.1. The summed E-state index contributed by atoms with van der Waals surface area (Å²) in [6.07, 6.45) is 6.49. The van der Waals surface area contributed by atoms with E-state index in [-0.39, 0.29) is 12.0 Å². The van der Waals surface area contributed by atoms with E-state index < -0.39 is 57.2 Å². The average molecular weight is 914 g/mol. The lowest BCUT2D eigenvalue weighted by molar-refractivity contribution is -0.178. The number of H-pyrrole nitrogens is 1. The number of aromatic nitrogens is 1. The van der Waals surface area contributed by atoms with Crippen LogP contribution in [-0.4, -0.2) is 135 Å². The summed E-state index contributed by atoms with van der Waals surface area (Å²) in [6.45, 7) is 8.81. The van der Waals surface area contributed by atoms with Gasteiger partial charge in [-0.25, -0.2) is 4.79 Å². The van der Waals surface area contributed by atoms with E-state index >= 15 is 4.79 Å². The Labute approximate surface area is 392 Å². The molecule has 14 heteroatoms. The van der Waals surface area contributed by atoms with Crippen LogP contribution in [0.15, 0.2) is 72.8 Å². The fraction of sp³-hybridized carbons (Fsp3) is 0.528. The molecule has 1 saturated carbocycles. The Kier molecular flexibility index (Phi) is 9.91. The van der Waals surface area contributed by atoms with Crippen molar-refractivity contribution in [2.24, 2.45) is 11.3 Å². The van der Waals surface area contributed by atoms with Crippen molar-refractivity contribution in [3.63, 3.8) is 0 Å². The molecule has 1 aliphatic carbocycles. The molecule has 354 valence electrons. The molecule has 1 unspecified atom stereocenters. The van der Waals surface area contributed by atoms with Crippen LogP contribution in [0.25, 0.3) is 10.9 Å². The lowest BCUT2D eigenvalue weighted by Gasteiger charge is -2.58. The summed E-state index contributed by atoms with van der Waals surface area (Å²) in [7, 11) is 8.46. The van der Waals surface area contributed by atoms with E-state index in [0.717, 1.165) is 44.8 Å². The molecule has 0 amide bonds. The predicted molar refractivity (Wildman–Crippen MR) is 253 cm³/mol. The van der Waals surface area contributed by atoms with Gasteiger partial charge >= 0.3 is 17.9 Å². The number of rotatable bonds is 9. The zero-order valence-electron chi connectivity index (χ0n) is 39.9. The predicted octanol–water partition coefficient (Wildman–Crippen LogP) is 6.12. The summed E-state index contributed by atoms with van der Waals surface area (Å²) >= 11 is 0. The van der Waals surface area contributed by atoms with Gasteiger partial charge in [0, 0.05) is 104 Å². The Morgan fingerprint density at radius 1 is 0.940 bits per heavy atom. The molecule has 7 heterocycles. The SMILES string of the molecule is CC[C@]1(O)C[C@H]2CN(CCc3c([nH]c4ccc(N(C)c5ccccc5)cc34)[C@@](C(=O)OC)(c3cc4c(cc3OC)N(C)[C@@]35O[C@]3(C(=O)OC)[C@H](OC(C)=O)[C@]3(CC)C=CCN6CC[C@]45[C@@H]63)C2)C1. The standard InChI is InChI=1S/C53H63N5O9/c1-9-48(62)28-33-29-50(46(60)64-7,43-36(19-23-57(30-33)31-48)37-25-35(17-18-40(37)54-43)55(4)34-15-12-11-13-16-34)39-26-38-41(27-42(39)63-6)56(5)53-51(38)21-24-58-22-14-20-49(10-2,44(51)58)45(66-32(3)59)52(53,67-53)47(61)65-8/h11-18,20,25-27,33,44-45,54,62H,9-10,19,21-24,28-31H2,1-8H3/t33-,44+,45-,48+,49-,50+,51-,52+,53+/m1/s1. The largest absolute Gasteiger partial charge is 0.496 e. The number of para-hydroxylation sites is 1. The second-order valence-electron chi connectivity index (χ2n) is 20.4. The highest BCUT2D eigenvalue weighted by Crippen LogP contribution is 2.80. The van der Waals surface area contributed by atoms with Gasteiger partial charge in [0.1, 0.15) is 11.2 Å². The number of esters is 3. The van der Waals surface area contributed by atoms with Crippen molar-refractivity contribution in [1.29, 1.82) is 0 Å². The van der Waals surface area contributed by atoms with Crippen molar-refractivity contribution in [2.75, 3.05) is 77.9 Å². The van der Waals surface area contributed by atoms with Gasteiger partial charge in [-0.2, -0.15) is 0 Å². The van der Waals surface area contributed by atoms with Gasteiger partial charge in [-0.05, 0) is 98.5 Å². The molecule has 4 aromatic rings. The molecule has 2 bridgehead atoms. The number of likely N-dealkylation sites (N-methyl/N-ethyl adjacent to an activating group) is 1. The minimum atomic E-state index is -1.68. The Morgan fingerprint density at radius 3 is 2.42 bits per heavy atom. The van der Waals surface area contributed by atoms with Gasteiger partial charge in [0.05, 0.1) is 32.3 Å². The molecule has 1 aromatic heterocycles. The minimum absolute atomic E-state index is 0.115. The molecule has 11 rings (SSSR count). The molecule has 14 nitrogen and oxygen atoms in total. The average Bonchev–Trinajstić information content (AvgIpc) is 3.58. The van der Waals surface area contributed by atoms with Crippen molar-refractivity contribution in [2.45, 2.75) is 99.2 Å². The number of anilines is 3. The van der Waals surface area contributed by atoms with Crippen LogP contribution in [0.4, 0.5) is 17.1 Å². The molecular weight excluding hydrogens is 851 g/mol. The molecule has 4 fully saturated rings. The highest BCUT2D eigenvalue weighted by Gasteiger charge is 2.98. The summed E-state index contributed by atoms with van der Waals surface area (Å²) in [5.41, 5.74) is -0.0228. The number of carbonyl (C=O) groups excluding carboxylic acids is 3. The van der Waals surface area contributed by atoms with Crippen LogP contribution in [0.1, 0.15) is 75.3 Å². The highest BCUT2D eigenvalue weighted by molar-refractivity contribution is 5.97. The number of nitrogens with zero attached hydrogens (tertiary/aromatic N) is 4. The number of methoxy groups -OCH3 is 3. The van der Waals surface area contributed by atoms with Crippen LogP contribution in [-0.2, 0) is 50.6 Å². The van der Waals surface area contributed by atoms with Crippen LogP contribution in [0.5, 0.6) is 5.75 Å². The maximum absolute atomic E-state index is 15.7. The minimum Gasteiger partial charge on any atom is -0.496 e. The molecule has 67 heavy (non-hydrogen) atoms. The van der Waals surface area contributed by atoms with Crippen molar-refractivity contribution < 1.29 is 43.2 Å². The molecule has 2 spiro atoms. The highest BCUT2D eigenvalue weighted by atomic mass is 16.7. The lowest BCUT2D eigenvalue weighted by Crippen LogP contribution is -2.75. The molecule has 6 aliphatic heterocycles. The number of nitrogens with one attached hydrogen (secondary N) is 1. The first-order chi connectivity index (χ1) is 32.2. The maximum Gasteiger partial charge on any atom is 0.347 e. The number of hydrogen-bond donors (Lipinski definition) is 2. The third-order valence-corrected chi connectivity index (χ3v) is 17.6. The first-order valence-corrected chi connectivity index (χ1v) is 24.0. The monoisotopic (exact) mass is 913 g/mol. The number of ether oxygens (including phenoxy) is 5. The number of fused-ring (bicyclic) bond motifs is 6. The summed E-state index contributed by atoms with van der Waals surface area (Å²) in [5.74, 6) is -1.17. The quantitative estimate of drug-likeness (QED) is 0.0860. The van der Waals surface area contributed by atoms with Crippen LogP contribution < -0.4 is 14.5 Å². The number of epoxide rings is 1. The van der Waals surface area contributed by atoms with Gasteiger partial charge in [-0.15, -0.1) is 0 Å². The molecule has 3 aromatic carbocycles. The van der Waals surface area contributed by atoms with Crippen LogP contribution >= 0.6 is 0 Å². The fourth-order valence-corrected chi connectivity index (χ4v) is 14.9. The number of piperidine rings is 1. The van der Waals surface area contributed by atoms with Gasteiger partial charge in [0.25, 0.3) is 5.60 Å². The normalized spacial score (nSPS) is 35.4. The zero-order valence-corrected chi connectivity index (χ0v) is 39.9. The molecule has 7 aliphatic rings. The topological polar surface area (TPSA) is 150 Å². The lowest BCUT2D eigenvalue weighted by atomic mass is 9.49. The van der Waals surface area contributed by atoms with Crippen molar-refractivity contribution >= 4 is 45.9 Å². The summed E-state index contributed by atoms with van der Waals surface area (Å²) < 4.78 is 31.8. The molecule has 2 N–H and O–H groups in total. The molecular formula is C53H63N5O9. The molecule has 10 atom stereocenters. The number of benzene rings is 3. The fourth-order valence-electron chi connectivity index (χ4n) is 14.9. The van der Waals surface area contributed by atoms with E-state index in [9.17, 15) is 14.7 Å². The van der Waals surface area contributed by atoms with Gasteiger partial charge in [-0.1, -0.05) is 44.2 Å². The van der Waals surface area contributed by atoms with Crippen molar-refractivity contribution in [1.82, 2.24) is 14.8 Å². The van der Waals surface area contributed by atoms with E-state index in [0.29, 0.717) is 82.6 Å². The third-order valence-electron chi connectivity index (χ3n) is 17.6. The second-order valence-corrected chi connectivity index (χ2v) is 20.4. The summed E-state index contributed by atoms with van der Waals surface area (Å²) in [6, 6.07) is 20.6. The van der Waals surface area contributed by atoms with E-state index in [4.69, 9.17) is 23.7 Å². The molecule has 3 saturated heterocycles. The van der Waals surface area contributed by atoms with Gasteiger partial charge in [0.15, 0.2) is 11.8 Å². The van der Waals surface area contributed by atoms with Crippen LogP contribution in [0.2, 0.25) is 0 Å². The van der Waals surface area contributed by atoms with Gasteiger partial charge in [-0.3, -0.25) is 19.4 Å². The molecule has 0 radical (unpaired) electrons. The number of aromatic amines is 1. The van der Waals surface area contributed by atoms with Gasteiger partial charge in [0.2, 0.25) is 0 Å². The first-order valence-electron chi connectivity index (χ1n) is 24.0. The van der Waals surface area contributed by atoms with Crippen LogP contribution in [0, 0.1) is 11.3 Å². The first kappa shape index (κ1) is 44.1. The van der Waals surface area contributed by atoms with Crippen molar-refractivity contribution in [3.05, 3.63) is 95.2 Å². The number of carbonyl (C=O) groups is 3. The Morgan fingerprint density at radius 2 is 1.72 bits per heavy atom. The van der Waals surface area contributed by atoms with E-state index in [1.54, 1.807) is 7.11 Å². The Balaban J connectivity index is 1.20. The van der Waals surface area contributed by atoms with E-state index in [1.165, 1.54) is 21.1 Å². The summed E-state index contributed by atoms with van der Waals surface area (Å²) in [5, 5.41) is 13.2. The number of hydrogen-bond acceptors (Lipinski definition) is 13. The second kappa shape index (κ2) is 15.0. The number of aliphatic hydroxyl groups is 1. The smallest absolute Gasteiger partial charge is 0.347 e. The Bertz CT molecular complexity index is 2740. The summed E-state index contributed by atoms with van der Waals surface area (Å²) in [4.78, 5) is 56.5. The van der Waals surface area contributed by atoms with Crippen molar-refractivity contribution in [3.8, 4) is 5.75 Å².